The Bertz CT molecular complexity index is 960. The fourth-order valence-corrected chi connectivity index (χ4v) is 5.82. The summed E-state index contributed by atoms with van der Waals surface area (Å²) in [6.07, 6.45) is 0. The van der Waals surface area contributed by atoms with Crippen LogP contribution in [0.1, 0.15) is 6.92 Å². The number of benzene rings is 2. The summed E-state index contributed by atoms with van der Waals surface area (Å²) in [5, 5.41) is 0.560. The number of ether oxygens (including phenoxy) is 1. The molecule has 2 aliphatic rings. The summed E-state index contributed by atoms with van der Waals surface area (Å²) in [5.74, 6) is 0.623. The smallest absolute Gasteiger partial charge is 0.329 e. The molecule has 2 heterocycles. The molecular formula is C19H19ClN2O4S. The van der Waals surface area contributed by atoms with E-state index in [0.717, 1.165) is 0 Å². The number of hydrogen-bond acceptors (Lipinski definition) is 4. The lowest BCUT2D eigenvalue weighted by molar-refractivity contribution is 0.255. The minimum Gasteiger partial charge on any atom is -0.494 e. The molecule has 0 bridgehead atoms. The van der Waals surface area contributed by atoms with Gasteiger partial charge in [0.15, 0.2) is 9.84 Å². The van der Waals surface area contributed by atoms with E-state index >= 15 is 0 Å². The number of carbonyl (C=O) groups is 1. The monoisotopic (exact) mass is 406 g/mol. The van der Waals surface area contributed by atoms with E-state index < -0.39 is 21.9 Å². The van der Waals surface area contributed by atoms with Gasteiger partial charge in [0.05, 0.1) is 30.2 Å². The second-order valence-corrected chi connectivity index (χ2v) is 9.23. The number of amides is 2. The molecule has 0 saturated carbocycles. The zero-order valence-electron chi connectivity index (χ0n) is 14.7. The number of anilines is 2. The molecule has 2 aliphatic heterocycles. The molecular weight excluding hydrogens is 388 g/mol. The van der Waals surface area contributed by atoms with E-state index in [2.05, 4.69) is 0 Å². The van der Waals surface area contributed by atoms with Gasteiger partial charge in [0.25, 0.3) is 0 Å². The molecule has 0 aliphatic carbocycles. The Kier molecular flexibility index (Phi) is 4.52. The van der Waals surface area contributed by atoms with Gasteiger partial charge in [0.1, 0.15) is 5.75 Å². The van der Waals surface area contributed by atoms with Crippen LogP contribution in [0.3, 0.4) is 0 Å². The molecule has 4 rings (SSSR count). The van der Waals surface area contributed by atoms with Crippen LogP contribution in [0.25, 0.3) is 0 Å². The predicted molar refractivity (Wildman–Crippen MR) is 106 cm³/mol. The highest BCUT2D eigenvalue weighted by atomic mass is 35.5. The Labute approximate surface area is 163 Å². The van der Waals surface area contributed by atoms with Crippen LogP contribution in [0.15, 0.2) is 48.5 Å². The van der Waals surface area contributed by atoms with Gasteiger partial charge in [-0.1, -0.05) is 11.6 Å². The Morgan fingerprint density at radius 3 is 1.93 bits per heavy atom. The van der Waals surface area contributed by atoms with Gasteiger partial charge in [-0.2, -0.15) is 0 Å². The fourth-order valence-electron chi connectivity index (χ4n) is 3.78. The van der Waals surface area contributed by atoms with Crippen LogP contribution < -0.4 is 14.5 Å². The first kappa shape index (κ1) is 18.1. The van der Waals surface area contributed by atoms with Crippen LogP contribution >= 0.6 is 11.6 Å². The van der Waals surface area contributed by atoms with Crippen LogP contribution in [0.4, 0.5) is 16.2 Å². The molecule has 142 valence electrons. The van der Waals surface area contributed by atoms with Gasteiger partial charge < -0.3 is 4.74 Å². The van der Waals surface area contributed by atoms with Crippen molar-refractivity contribution in [3.05, 3.63) is 53.6 Å². The molecule has 27 heavy (non-hydrogen) atoms. The van der Waals surface area contributed by atoms with Crippen molar-refractivity contribution in [2.75, 3.05) is 27.9 Å². The van der Waals surface area contributed by atoms with Crippen molar-refractivity contribution in [3.8, 4) is 5.75 Å². The second-order valence-electron chi connectivity index (χ2n) is 6.64. The van der Waals surface area contributed by atoms with Crippen LogP contribution in [0.5, 0.6) is 5.75 Å². The first-order chi connectivity index (χ1) is 12.9. The van der Waals surface area contributed by atoms with Gasteiger partial charge in [0, 0.05) is 16.4 Å². The molecule has 2 fully saturated rings. The number of hydrogen-bond donors (Lipinski definition) is 0. The highest BCUT2D eigenvalue weighted by Gasteiger charge is 2.54. The third kappa shape index (κ3) is 3.26. The lowest BCUT2D eigenvalue weighted by Crippen LogP contribution is -2.37. The van der Waals surface area contributed by atoms with Gasteiger partial charge in [-0.3, -0.25) is 9.80 Å². The Morgan fingerprint density at radius 1 is 0.963 bits per heavy atom. The third-order valence-electron chi connectivity index (χ3n) is 4.90. The van der Waals surface area contributed by atoms with Gasteiger partial charge in [-0.25, -0.2) is 13.2 Å². The Morgan fingerprint density at radius 2 is 1.44 bits per heavy atom. The zero-order chi connectivity index (χ0) is 19.2. The minimum atomic E-state index is -3.22. The summed E-state index contributed by atoms with van der Waals surface area (Å²) in [5.41, 5.74) is 1.30. The lowest BCUT2D eigenvalue weighted by Gasteiger charge is -2.23. The van der Waals surface area contributed by atoms with Crippen LogP contribution in [0.2, 0.25) is 5.02 Å². The van der Waals surface area contributed by atoms with Crippen molar-refractivity contribution in [3.63, 3.8) is 0 Å². The molecule has 2 atom stereocenters. The zero-order valence-corrected chi connectivity index (χ0v) is 16.3. The van der Waals surface area contributed by atoms with E-state index in [9.17, 15) is 13.2 Å². The van der Waals surface area contributed by atoms with E-state index in [4.69, 9.17) is 16.3 Å². The maximum absolute atomic E-state index is 13.2. The van der Waals surface area contributed by atoms with Gasteiger partial charge in [-0.05, 0) is 55.5 Å². The maximum atomic E-state index is 13.2. The maximum Gasteiger partial charge on any atom is 0.329 e. The van der Waals surface area contributed by atoms with E-state index in [-0.39, 0.29) is 17.5 Å². The molecule has 0 radical (unpaired) electrons. The van der Waals surface area contributed by atoms with Crippen molar-refractivity contribution in [2.45, 2.75) is 19.0 Å². The van der Waals surface area contributed by atoms with Gasteiger partial charge in [-0.15, -0.1) is 0 Å². The summed E-state index contributed by atoms with van der Waals surface area (Å²) in [6, 6.07) is 13.0. The molecule has 0 spiro atoms. The van der Waals surface area contributed by atoms with Crippen molar-refractivity contribution in [2.24, 2.45) is 0 Å². The molecule has 2 aromatic rings. The minimum absolute atomic E-state index is 0.0410. The Hall–Kier alpha value is -2.25. The average Bonchev–Trinajstić information content (AvgIpc) is 3.06. The third-order valence-corrected chi connectivity index (χ3v) is 6.85. The quantitative estimate of drug-likeness (QED) is 0.730. The molecule has 0 unspecified atom stereocenters. The number of halogens is 1. The molecule has 2 saturated heterocycles. The summed E-state index contributed by atoms with van der Waals surface area (Å²) in [6.45, 7) is 2.45. The average molecular weight is 407 g/mol. The first-order valence-corrected chi connectivity index (χ1v) is 10.9. The highest BCUT2D eigenvalue weighted by Crippen LogP contribution is 2.38. The Balaban J connectivity index is 1.73. The summed E-state index contributed by atoms with van der Waals surface area (Å²) >= 11 is 5.95. The number of sulfone groups is 1. The number of nitrogens with zero attached hydrogens (tertiary/aromatic N) is 2. The largest absolute Gasteiger partial charge is 0.494 e. The van der Waals surface area contributed by atoms with E-state index in [1.54, 1.807) is 58.3 Å². The van der Waals surface area contributed by atoms with Crippen molar-refractivity contribution in [1.82, 2.24) is 0 Å². The molecule has 8 heteroatoms. The predicted octanol–water partition coefficient (Wildman–Crippen LogP) is 3.35. The summed E-state index contributed by atoms with van der Waals surface area (Å²) in [4.78, 5) is 16.4. The van der Waals surface area contributed by atoms with E-state index in [1.165, 1.54) is 0 Å². The van der Waals surface area contributed by atoms with Gasteiger partial charge >= 0.3 is 6.03 Å². The van der Waals surface area contributed by atoms with Gasteiger partial charge in [0.2, 0.25) is 0 Å². The molecule has 2 amide bonds. The van der Waals surface area contributed by atoms with Crippen LogP contribution in [-0.4, -0.2) is 44.6 Å². The van der Waals surface area contributed by atoms with E-state index in [1.807, 2.05) is 6.92 Å². The topological polar surface area (TPSA) is 66.9 Å². The lowest BCUT2D eigenvalue weighted by atomic mass is 10.1. The van der Waals surface area contributed by atoms with Crippen molar-refractivity contribution < 1.29 is 17.9 Å². The number of urea groups is 1. The first-order valence-electron chi connectivity index (χ1n) is 8.71. The number of fused-ring (bicyclic) bond motifs is 1. The number of rotatable bonds is 4. The van der Waals surface area contributed by atoms with Crippen LogP contribution in [-0.2, 0) is 9.84 Å². The summed E-state index contributed by atoms with van der Waals surface area (Å²) < 4.78 is 30.0. The van der Waals surface area contributed by atoms with E-state index in [0.29, 0.717) is 28.8 Å². The van der Waals surface area contributed by atoms with Crippen molar-refractivity contribution in [1.29, 1.82) is 0 Å². The highest BCUT2D eigenvalue weighted by molar-refractivity contribution is 7.91. The van der Waals surface area contributed by atoms with Crippen LogP contribution in [0, 0.1) is 0 Å². The summed E-state index contributed by atoms with van der Waals surface area (Å²) in [7, 11) is -3.22. The second kappa shape index (κ2) is 6.73. The molecule has 0 aromatic heterocycles. The fraction of sp³-hybridized carbons (Fsp3) is 0.316. The molecule has 2 aromatic carbocycles. The molecule has 0 N–H and O–H groups in total. The standard InChI is InChI=1S/C19H19ClN2O4S/c1-2-26-16-9-7-15(8-10-16)22-18-12-27(24,25)11-17(18)21(19(22)23)14-5-3-13(20)4-6-14/h3-10,17-18H,2,11-12H2,1H3/t17-,18-/m1/s1. The number of carbonyl (C=O) groups excluding carboxylic acids is 1. The molecule has 6 nitrogen and oxygen atoms in total. The SMILES string of the molecule is CCOc1ccc(N2C(=O)N(c3ccc(Cl)cc3)[C@@H]3CS(=O)(=O)C[C@H]32)cc1. The van der Waals surface area contributed by atoms with Crippen molar-refractivity contribution >= 4 is 38.8 Å². The normalized spacial score (nSPS) is 23.6.